The maximum Gasteiger partial charge on any atom is 0.226 e. The second kappa shape index (κ2) is 9.82. The fourth-order valence-corrected chi connectivity index (χ4v) is 5.05. The lowest BCUT2D eigenvalue weighted by atomic mass is 9.93. The third-order valence-electron chi connectivity index (χ3n) is 6.74. The number of benzene rings is 2. The van der Waals surface area contributed by atoms with Gasteiger partial charge >= 0.3 is 0 Å². The molecular weight excluding hydrogens is 372 g/mol. The van der Waals surface area contributed by atoms with Gasteiger partial charge in [0.2, 0.25) is 5.91 Å². The Bertz CT molecular complexity index is 857. The monoisotopic (exact) mass is 408 g/mol. The minimum absolute atomic E-state index is 0.156. The molecule has 1 amide bonds. The van der Waals surface area contributed by atoms with Gasteiger partial charge in [0.1, 0.15) is 5.75 Å². The fraction of sp³-hybridized carbons (Fsp3) is 0.577. The van der Waals surface area contributed by atoms with Crippen LogP contribution in [-0.2, 0) is 11.2 Å². The number of amides is 1. The van der Waals surface area contributed by atoms with Crippen molar-refractivity contribution < 1.29 is 9.53 Å². The van der Waals surface area contributed by atoms with Crippen LogP contribution in [0.3, 0.4) is 0 Å². The van der Waals surface area contributed by atoms with Crippen molar-refractivity contribution in [3.05, 3.63) is 42.0 Å². The number of likely N-dealkylation sites (tertiary alicyclic amines) is 1. The molecule has 0 bridgehead atoms. The third-order valence-corrected chi connectivity index (χ3v) is 6.74. The largest absolute Gasteiger partial charge is 0.494 e. The standard InChI is InChI=1S/C26H36N2O2/c1-27(2)14-6-16-30-25-12-11-21-17-20(9-10-22(21)19-25)18-23-13-15-28(26(23)29)24-7-4-3-5-8-24/h9-12,17,19,23-24H,3-8,13-16,18H2,1-2H3. The Morgan fingerprint density at radius 2 is 1.77 bits per heavy atom. The van der Waals surface area contributed by atoms with Gasteiger partial charge in [0.15, 0.2) is 0 Å². The molecule has 0 N–H and O–H groups in total. The predicted octanol–water partition coefficient (Wildman–Crippen LogP) is 4.89. The maximum absolute atomic E-state index is 13.0. The molecule has 1 heterocycles. The minimum atomic E-state index is 0.156. The summed E-state index contributed by atoms with van der Waals surface area (Å²) in [5, 5.41) is 2.42. The number of nitrogens with zero attached hydrogens (tertiary/aromatic N) is 2. The second-order valence-electron chi connectivity index (χ2n) is 9.36. The Hall–Kier alpha value is -2.07. The van der Waals surface area contributed by atoms with Crippen molar-refractivity contribution in [3.8, 4) is 5.75 Å². The van der Waals surface area contributed by atoms with E-state index in [1.54, 1.807) is 0 Å². The summed E-state index contributed by atoms with van der Waals surface area (Å²) >= 11 is 0. The van der Waals surface area contributed by atoms with E-state index in [0.29, 0.717) is 11.9 Å². The molecule has 1 aliphatic carbocycles. The zero-order valence-electron chi connectivity index (χ0n) is 18.6. The van der Waals surface area contributed by atoms with E-state index >= 15 is 0 Å². The first-order valence-corrected chi connectivity index (χ1v) is 11.7. The molecule has 4 heteroatoms. The summed E-state index contributed by atoms with van der Waals surface area (Å²) in [4.78, 5) is 17.4. The van der Waals surface area contributed by atoms with Crippen LogP contribution in [0.5, 0.6) is 5.75 Å². The first-order chi connectivity index (χ1) is 14.6. The normalized spacial score (nSPS) is 20.4. The van der Waals surface area contributed by atoms with Gasteiger partial charge in [-0.2, -0.15) is 0 Å². The van der Waals surface area contributed by atoms with Gasteiger partial charge in [-0.3, -0.25) is 4.79 Å². The van der Waals surface area contributed by atoms with Gasteiger partial charge in [-0.1, -0.05) is 43.5 Å². The number of carbonyl (C=O) groups is 1. The van der Waals surface area contributed by atoms with Crippen LogP contribution in [0.15, 0.2) is 36.4 Å². The molecule has 0 radical (unpaired) electrons. The molecule has 30 heavy (non-hydrogen) atoms. The van der Waals surface area contributed by atoms with Crippen LogP contribution in [0.1, 0.15) is 50.5 Å². The molecule has 0 aromatic heterocycles. The molecule has 2 fully saturated rings. The molecule has 4 rings (SSSR count). The summed E-state index contributed by atoms with van der Waals surface area (Å²) in [6.07, 6.45) is 9.20. The molecule has 1 saturated carbocycles. The van der Waals surface area contributed by atoms with Gasteiger partial charge in [0, 0.05) is 25.0 Å². The SMILES string of the molecule is CN(C)CCCOc1ccc2cc(CC3CCN(C4CCCCC4)C3=O)ccc2c1. The Labute approximate surface area is 181 Å². The van der Waals surface area contributed by atoms with E-state index in [1.807, 2.05) is 0 Å². The first-order valence-electron chi connectivity index (χ1n) is 11.7. The predicted molar refractivity (Wildman–Crippen MR) is 123 cm³/mol. The van der Waals surface area contributed by atoms with Crippen molar-refractivity contribution in [1.82, 2.24) is 9.80 Å². The van der Waals surface area contributed by atoms with Crippen molar-refractivity contribution in [3.63, 3.8) is 0 Å². The molecular formula is C26H36N2O2. The van der Waals surface area contributed by atoms with Crippen LogP contribution in [-0.4, -0.2) is 55.5 Å². The van der Waals surface area contributed by atoms with Crippen molar-refractivity contribution in [2.75, 3.05) is 33.8 Å². The van der Waals surface area contributed by atoms with Crippen LogP contribution in [0, 0.1) is 5.92 Å². The molecule has 2 aliphatic rings. The topological polar surface area (TPSA) is 32.8 Å². The average molecular weight is 409 g/mol. The molecule has 2 aromatic carbocycles. The Morgan fingerprint density at radius 3 is 2.57 bits per heavy atom. The van der Waals surface area contributed by atoms with Crippen LogP contribution in [0.2, 0.25) is 0 Å². The molecule has 1 aliphatic heterocycles. The summed E-state index contributed by atoms with van der Waals surface area (Å²) in [5.41, 5.74) is 1.27. The van der Waals surface area contributed by atoms with E-state index in [4.69, 9.17) is 4.74 Å². The second-order valence-corrected chi connectivity index (χ2v) is 9.36. The Kier molecular flexibility index (Phi) is 6.93. The molecule has 4 nitrogen and oxygen atoms in total. The van der Waals surface area contributed by atoms with Crippen LogP contribution < -0.4 is 4.74 Å². The lowest BCUT2D eigenvalue weighted by Crippen LogP contribution is -2.39. The number of ether oxygens (including phenoxy) is 1. The van der Waals surface area contributed by atoms with Gasteiger partial charge in [-0.15, -0.1) is 0 Å². The Morgan fingerprint density at radius 1 is 1.00 bits per heavy atom. The quantitative estimate of drug-likeness (QED) is 0.583. The number of carbonyl (C=O) groups excluding carboxylic acids is 1. The summed E-state index contributed by atoms with van der Waals surface area (Å²) in [5.74, 6) is 1.48. The van der Waals surface area contributed by atoms with Crippen molar-refractivity contribution >= 4 is 16.7 Å². The summed E-state index contributed by atoms with van der Waals surface area (Å²) < 4.78 is 5.91. The Balaban J connectivity index is 1.35. The fourth-order valence-electron chi connectivity index (χ4n) is 5.05. The number of hydrogen-bond donors (Lipinski definition) is 0. The van der Waals surface area contributed by atoms with E-state index in [9.17, 15) is 4.79 Å². The summed E-state index contributed by atoms with van der Waals surface area (Å²) in [6, 6.07) is 13.5. The lowest BCUT2D eigenvalue weighted by molar-refractivity contribution is -0.133. The van der Waals surface area contributed by atoms with Gasteiger partial charge in [-0.25, -0.2) is 0 Å². The number of fused-ring (bicyclic) bond motifs is 1. The van der Waals surface area contributed by atoms with Gasteiger partial charge in [-0.05, 0) is 74.7 Å². The highest BCUT2D eigenvalue weighted by Crippen LogP contribution is 2.31. The minimum Gasteiger partial charge on any atom is -0.494 e. The van der Waals surface area contributed by atoms with E-state index in [1.165, 1.54) is 48.4 Å². The third kappa shape index (κ3) is 5.15. The highest BCUT2D eigenvalue weighted by Gasteiger charge is 2.36. The highest BCUT2D eigenvalue weighted by molar-refractivity contribution is 5.85. The van der Waals surface area contributed by atoms with Crippen molar-refractivity contribution in [1.29, 1.82) is 0 Å². The van der Waals surface area contributed by atoms with E-state index < -0.39 is 0 Å². The lowest BCUT2D eigenvalue weighted by Gasteiger charge is -2.31. The van der Waals surface area contributed by atoms with Crippen LogP contribution >= 0.6 is 0 Å². The molecule has 2 aromatic rings. The van der Waals surface area contributed by atoms with Gasteiger partial charge in [0.25, 0.3) is 0 Å². The van der Waals surface area contributed by atoms with Crippen LogP contribution in [0.25, 0.3) is 10.8 Å². The maximum atomic E-state index is 13.0. The summed E-state index contributed by atoms with van der Waals surface area (Å²) in [6.45, 7) is 2.73. The smallest absolute Gasteiger partial charge is 0.226 e. The van der Waals surface area contributed by atoms with Gasteiger partial charge < -0.3 is 14.5 Å². The average Bonchev–Trinajstić information content (AvgIpc) is 3.12. The molecule has 162 valence electrons. The highest BCUT2D eigenvalue weighted by atomic mass is 16.5. The summed E-state index contributed by atoms with van der Waals surface area (Å²) in [7, 11) is 4.17. The molecule has 0 spiro atoms. The first kappa shape index (κ1) is 21.2. The van der Waals surface area contributed by atoms with Crippen LogP contribution in [0.4, 0.5) is 0 Å². The number of rotatable bonds is 8. The molecule has 1 saturated heterocycles. The zero-order chi connectivity index (χ0) is 20.9. The molecule has 1 atom stereocenters. The van der Waals surface area contributed by atoms with E-state index in [-0.39, 0.29) is 5.92 Å². The molecule has 1 unspecified atom stereocenters. The van der Waals surface area contributed by atoms with E-state index in [0.717, 1.165) is 44.7 Å². The van der Waals surface area contributed by atoms with Crippen molar-refractivity contribution in [2.24, 2.45) is 5.92 Å². The number of hydrogen-bond acceptors (Lipinski definition) is 3. The van der Waals surface area contributed by atoms with Crippen molar-refractivity contribution in [2.45, 2.75) is 57.4 Å². The zero-order valence-corrected chi connectivity index (χ0v) is 18.6. The van der Waals surface area contributed by atoms with E-state index in [2.05, 4.69) is 60.3 Å². The van der Waals surface area contributed by atoms with Gasteiger partial charge in [0.05, 0.1) is 6.61 Å².